The maximum Gasteiger partial charge on any atom is 0.277 e. The molecule has 0 radical (unpaired) electrons. The second kappa shape index (κ2) is 7.49. The molecular formula is C18H27N3O4S. The standard InChI is InChI=1S/C17H23N3O4S.CH4/c1-9(2)18-15-10(3)12(7-8-13(15)25(6,23)24)16(21)14-11(4)19-20(5)17(14)22;/h7-9,18-19H,1-6H3;1H4. The van der Waals surface area contributed by atoms with Crippen LogP contribution < -0.4 is 10.9 Å². The molecule has 26 heavy (non-hydrogen) atoms. The summed E-state index contributed by atoms with van der Waals surface area (Å²) in [5.74, 6) is -0.427. The second-order valence-electron chi connectivity index (χ2n) is 6.49. The van der Waals surface area contributed by atoms with Crippen molar-refractivity contribution in [3.05, 3.63) is 44.9 Å². The Kier molecular flexibility index (Phi) is 6.25. The monoisotopic (exact) mass is 381 g/mol. The quantitative estimate of drug-likeness (QED) is 0.775. The van der Waals surface area contributed by atoms with Gasteiger partial charge in [0, 0.05) is 30.6 Å². The molecular weight excluding hydrogens is 354 g/mol. The van der Waals surface area contributed by atoms with Crippen LogP contribution >= 0.6 is 0 Å². The summed E-state index contributed by atoms with van der Waals surface area (Å²) >= 11 is 0. The van der Waals surface area contributed by atoms with Crippen molar-refractivity contribution in [1.82, 2.24) is 9.78 Å². The first-order valence-corrected chi connectivity index (χ1v) is 9.74. The number of benzene rings is 1. The summed E-state index contributed by atoms with van der Waals surface area (Å²) in [7, 11) is -1.93. The molecule has 1 aromatic heterocycles. The second-order valence-corrected chi connectivity index (χ2v) is 8.47. The number of nitrogens with one attached hydrogen (secondary N) is 2. The number of nitrogens with zero attached hydrogens (tertiary/aromatic N) is 1. The average Bonchev–Trinajstić information content (AvgIpc) is 2.72. The van der Waals surface area contributed by atoms with Crippen molar-refractivity contribution in [2.45, 2.75) is 46.1 Å². The van der Waals surface area contributed by atoms with E-state index in [1.807, 2.05) is 13.8 Å². The Morgan fingerprint density at radius 1 is 1.23 bits per heavy atom. The Labute approximate surface area is 154 Å². The van der Waals surface area contributed by atoms with Crippen molar-refractivity contribution in [1.29, 1.82) is 0 Å². The number of hydrogen-bond acceptors (Lipinski definition) is 5. The SMILES string of the molecule is C.Cc1[nH]n(C)c(=O)c1C(=O)c1ccc(S(C)(=O)=O)c(NC(C)C)c1C. The molecule has 144 valence electrons. The van der Waals surface area contributed by atoms with E-state index in [0.29, 0.717) is 22.5 Å². The van der Waals surface area contributed by atoms with Crippen molar-refractivity contribution in [3.63, 3.8) is 0 Å². The first-order chi connectivity index (χ1) is 11.4. The third kappa shape index (κ3) is 3.90. The summed E-state index contributed by atoms with van der Waals surface area (Å²) in [5, 5.41) is 5.91. The van der Waals surface area contributed by atoms with Crippen LogP contribution in [0.2, 0.25) is 0 Å². The van der Waals surface area contributed by atoms with Gasteiger partial charge in [-0.05, 0) is 45.4 Å². The maximum absolute atomic E-state index is 12.9. The number of anilines is 1. The fourth-order valence-electron chi connectivity index (χ4n) is 2.80. The van der Waals surface area contributed by atoms with Crippen molar-refractivity contribution >= 4 is 21.3 Å². The number of sulfone groups is 1. The summed E-state index contributed by atoms with van der Waals surface area (Å²) in [5.41, 5.74) is 1.33. The smallest absolute Gasteiger partial charge is 0.277 e. The Morgan fingerprint density at radius 3 is 2.23 bits per heavy atom. The van der Waals surface area contributed by atoms with Crippen LogP contribution in [0.4, 0.5) is 5.69 Å². The van der Waals surface area contributed by atoms with E-state index in [4.69, 9.17) is 0 Å². The molecule has 1 heterocycles. The summed E-state index contributed by atoms with van der Waals surface area (Å²) in [6.45, 7) is 7.10. The van der Waals surface area contributed by atoms with E-state index in [0.717, 1.165) is 6.26 Å². The van der Waals surface area contributed by atoms with Gasteiger partial charge in [0.05, 0.1) is 10.6 Å². The zero-order chi connectivity index (χ0) is 19.1. The van der Waals surface area contributed by atoms with Gasteiger partial charge in [-0.1, -0.05) is 7.43 Å². The number of carbonyl (C=O) groups excluding carboxylic acids is 1. The van der Waals surface area contributed by atoms with Gasteiger partial charge >= 0.3 is 0 Å². The van der Waals surface area contributed by atoms with Crippen LogP contribution in [0.25, 0.3) is 0 Å². The molecule has 2 rings (SSSR count). The molecule has 0 spiro atoms. The highest BCUT2D eigenvalue weighted by atomic mass is 32.2. The summed E-state index contributed by atoms with van der Waals surface area (Å²) in [6.07, 6.45) is 1.13. The van der Waals surface area contributed by atoms with Gasteiger partial charge in [-0.2, -0.15) is 0 Å². The molecule has 0 atom stereocenters. The van der Waals surface area contributed by atoms with E-state index in [9.17, 15) is 18.0 Å². The molecule has 0 bridgehead atoms. The molecule has 2 N–H and O–H groups in total. The first kappa shape index (κ1) is 21.7. The van der Waals surface area contributed by atoms with Crippen molar-refractivity contribution in [2.24, 2.45) is 7.05 Å². The number of carbonyl (C=O) groups is 1. The van der Waals surface area contributed by atoms with E-state index < -0.39 is 21.2 Å². The first-order valence-electron chi connectivity index (χ1n) is 7.85. The molecule has 1 aromatic carbocycles. The number of rotatable bonds is 5. The van der Waals surface area contributed by atoms with Crippen LogP contribution in [0, 0.1) is 13.8 Å². The molecule has 8 heteroatoms. The number of aromatic amines is 1. The van der Waals surface area contributed by atoms with Gasteiger partial charge < -0.3 is 5.32 Å². The number of aryl methyl sites for hydroxylation is 2. The highest BCUT2D eigenvalue weighted by Crippen LogP contribution is 2.30. The van der Waals surface area contributed by atoms with Crippen LogP contribution in [-0.2, 0) is 16.9 Å². The zero-order valence-corrected chi connectivity index (χ0v) is 16.0. The highest BCUT2D eigenvalue weighted by molar-refractivity contribution is 7.90. The fourth-order valence-corrected chi connectivity index (χ4v) is 3.70. The van der Waals surface area contributed by atoms with E-state index in [-0.39, 0.29) is 23.9 Å². The van der Waals surface area contributed by atoms with Gasteiger partial charge in [0.1, 0.15) is 5.56 Å². The normalized spacial score (nSPS) is 11.3. The molecule has 2 aromatic rings. The third-order valence-electron chi connectivity index (χ3n) is 3.96. The number of hydrogen-bond donors (Lipinski definition) is 2. The molecule has 0 aliphatic carbocycles. The van der Waals surface area contributed by atoms with Gasteiger partial charge in [0.25, 0.3) is 5.56 Å². The predicted molar refractivity (Wildman–Crippen MR) is 104 cm³/mol. The van der Waals surface area contributed by atoms with Gasteiger partial charge in [0.2, 0.25) is 5.78 Å². The number of aromatic nitrogens is 2. The molecule has 0 amide bonds. The van der Waals surface area contributed by atoms with Gasteiger partial charge in [-0.15, -0.1) is 0 Å². The van der Waals surface area contributed by atoms with E-state index >= 15 is 0 Å². The van der Waals surface area contributed by atoms with Gasteiger partial charge in [-0.3, -0.25) is 19.4 Å². The fraction of sp³-hybridized carbons (Fsp3) is 0.444. The Balaban J connectivity index is 0.00000338. The lowest BCUT2D eigenvalue weighted by Gasteiger charge is -2.18. The van der Waals surface area contributed by atoms with E-state index in [1.165, 1.54) is 23.9 Å². The highest BCUT2D eigenvalue weighted by Gasteiger charge is 2.25. The predicted octanol–water partition coefficient (Wildman–Crippen LogP) is 2.42. The van der Waals surface area contributed by atoms with Crippen molar-refractivity contribution < 1.29 is 13.2 Å². The van der Waals surface area contributed by atoms with Crippen LogP contribution in [0.3, 0.4) is 0 Å². The molecule has 7 nitrogen and oxygen atoms in total. The molecule has 0 aliphatic heterocycles. The van der Waals surface area contributed by atoms with Gasteiger partial charge in [-0.25, -0.2) is 8.42 Å². The topological polar surface area (TPSA) is 101 Å². The Hall–Kier alpha value is -2.35. The van der Waals surface area contributed by atoms with Crippen LogP contribution in [0.15, 0.2) is 21.8 Å². The van der Waals surface area contributed by atoms with E-state index in [2.05, 4.69) is 10.4 Å². The van der Waals surface area contributed by atoms with Crippen LogP contribution in [0.1, 0.15) is 48.5 Å². The van der Waals surface area contributed by atoms with Crippen molar-refractivity contribution in [3.8, 4) is 0 Å². The molecule has 0 saturated heterocycles. The third-order valence-corrected chi connectivity index (χ3v) is 5.10. The van der Waals surface area contributed by atoms with Gasteiger partial charge in [0.15, 0.2) is 9.84 Å². The van der Waals surface area contributed by atoms with E-state index in [1.54, 1.807) is 13.8 Å². The van der Waals surface area contributed by atoms with Crippen LogP contribution in [-0.4, -0.2) is 36.3 Å². The minimum absolute atomic E-state index is 0. The molecule has 0 saturated carbocycles. The van der Waals surface area contributed by atoms with Crippen LogP contribution in [0.5, 0.6) is 0 Å². The number of ketones is 1. The summed E-state index contributed by atoms with van der Waals surface area (Å²) < 4.78 is 25.4. The maximum atomic E-state index is 12.9. The average molecular weight is 381 g/mol. The minimum atomic E-state index is -3.47. The Bertz CT molecular complexity index is 998. The lowest BCUT2D eigenvalue weighted by molar-refractivity contribution is 0.103. The minimum Gasteiger partial charge on any atom is -0.382 e. The lowest BCUT2D eigenvalue weighted by Crippen LogP contribution is -2.21. The largest absolute Gasteiger partial charge is 0.382 e. The zero-order valence-electron chi connectivity index (χ0n) is 15.2. The summed E-state index contributed by atoms with van der Waals surface area (Å²) in [4.78, 5) is 25.2. The summed E-state index contributed by atoms with van der Waals surface area (Å²) in [6, 6.07) is 2.85. The Morgan fingerprint density at radius 2 is 1.81 bits per heavy atom. The molecule has 0 fully saturated rings. The van der Waals surface area contributed by atoms with Crippen molar-refractivity contribution in [2.75, 3.05) is 11.6 Å². The molecule has 0 aliphatic rings. The number of H-pyrrole nitrogens is 1. The lowest BCUT2D eigenvalue weighted by atomic mass is 9.98. The molecule has 0 unspecified atom stereocenters.